The van der Waals surface area contributed by atoms with Crippen molar-refractivity contribution in [1.29, 1.82) is 0 Å². The van der Waals surface area contributed by atoms with Crippen LogP contribution in [-0.4, -0.2) is 74.6 Å². The van der Waals surface area contributed by atoms with Gasteiger partial charge in [0.25, 0.3) is 0 Å². The highest BCUT2D eigenvalue weighted by Gasteiger charge is 2.22. The molecule has 0 aliphatic carbocycles. The Balaban J connectivity index is 3.99. The minimum atomic E-state index is -1.04. The van der Waals surface area contributed by atoms with E-state index >= 15 is 0 Å². The fourth-order valence-electron chi connectivity index (χ4n) is 2.57. The molecular weight excluding hydrogens is 464 g/mol. The molecule has 0 saturated carbocycles. The zero-order chi connectivity index (χ0) is 26.8. The SMILES string of the molecule is C=C(C)C(=O)OCCOC(=O)CCC(=O)NCCCCC(N)C(=O)NC(CCC(=O)OC)C(N)=O. The molecule has 13 heteroatoms. The molecule has 0 fully saturated rings. The van der Waals surface area contributed by atoms with Crippen molar-refractivity contribution in [3.05, 3.63) is 12.2 Å². The summed E-state index contributed by atoms with van der Waals surface area (Å²) in [5.74, 6) is -3.40. The quantitative estimate of drug-likeness (QED) is 0.0778. The number of nitrogens with two attached hydrogens (primary N) is 2. The average molecular weight is 501 g/mol. The summed E-state index contributed by atoms with van der Waals surface area (Å²) in [6, 6.07) is -1.93. The van der Waals surface area contributed by atoms with E-state index in [1.165, 1.54) is 14.0 Å². The van der Waals surface area contributed by atoms with Gasteiger partial charge < -0.3 is 36.3 Å². The molecule has 0 saturated heterocycles. The summed E-state index contributed by atoms with van der Waals surface area (Å²) in [5.41, 5.74) is 11.3. The first-order valence-electron chi connectivity index (χ1n) is 11.1. The van der Waals surface area contributed by atoms with Gasteiger partial charge in [0.2, 0.25) is 17.7 Å². The monoisotopic (exact) mass is 500 g/mol. The average Bonchev–Trinajstić information content (AvgIpc) is 2.81. The Morgan fingerprint density at radius 3 is 2.17 bits per heavy atom. The number of hydrogen-bond donors (Lipinski definition) is 4. The predicted octanol–water partition coefficient (Wildman–Crippen LogP) is -1.03. The van der Waals surface area contributed by atoms with E-state index in [0.29, 0.717) is 25.8 Å². The molecule has 0 aromatic carbocycles. The number of carbonyl (C=O) groups is 6. The molecule has 0 rings (SSSR count). The first-order chi connectivity index (χ1) is 16.5. The zero-order valence-electron chi connectivity index (χ0n) is 20.3. The largest absolute Gasteiger partial charge is 0.469 e. The van der Waals surface area contributed by atoms with Crippen molar-refractivity contribution in [3.63, 3.8) is 0 Å². The van der Waals surface area contributed by atoms with Crippen molar-refractivity contribution >= 4 is 35.6 Å². The summed E-state index contributed by atoms with van der Waals surface area (Å²) in [4.78, 5) is 69.4. The fourth-order valence-corrected chi connectivity index (χ4v) is 2.57. The van der Waals surface area contributed by atoms with Crippen LogP contribution in [0.3, 0.4) is 0 Å². The molecule has 2 atom stereocenters. The van der Waals surface area contributed by atoms with Crippen molar-refractivity contribution in [1.82, 2.24) is 10.6 Å². The minimum absolute atomic E-state index is 0.00248. The van der Waals surface area contributed by atoms with Crippen LogP contribution in [-0.2, 0) is 43.0 Å². The Morgan fingerprint density at radius 2 is 1.57 bits per heavy atom. The Labute approximate surface area is 204 Å². The highest BCUT2D eigenvalue weighted by molar-refractivity contribution is 5.89. The summed E-state index contributed by atoms with van der Waals surface area (Å²) < 4.78 is 14.1. The van der Waals surface area contributed by atoms with Crippen LogP contribution in [0.15, 0.2) is 12.2 Å². The number of hydrogen-bond acceptors (Lipinski definition) is 10. The molecule has 0 aromatic heterocycles. The third-order valence-corrected chi connectivity index (χ3v) is 4.61. The standard InChI is InChI=1S/C22H36N4O9/c1-14(2)22(32)35-13-12-34-19(29)10-8-17(27)25-11-5-4-6-15(23)21(31)26-16(20(24)30)7-9-18(28)33-3/h15-16H,1,4-13,23H2,2-3H3,(H2,24,30)(H,25,27)(H,26,31). The summed E-state index contributed by atoms with van der Waals surface area (Å²) >= 11 is 0. The van der Waals surface area contributed by atoms with Crippen LogP contribution < -0.4 is 22.1 Å². The lowest BCUT2D eigenvalue weighted by Gasteiger charge is -2.18. The second-order valence-electron chi connectivity index (χ2n) is 7.67. The number of nitrogens with one attached hydrogen (secondary N) is 2. The molecule has 0 aliphatic heterocycles. The van der Waals surface area contributed by atoms with Crippen molar-refractivity contribution in [2.45, 2.75) is 64.0 Å². The molecule has 198 valence electrons. The summed E-state index contributed by atoms with van der Waals surface area (Å²) in [6.45, 7) is 5.03. The maximum Gasteiger partial charge on any atom is 0.333 e. The summed E-state index contributed by atoms with van der Waals surface area (Å²) in [7, 11) is 1.21. The van der Waals surface area contributed by atoms with E-state index in [9.17, 15) is 28.8 Å². The molecule has 3 amide bonds. The molecule has 0 spiro atoms. The second-order valence-corrected chi connectivity index (χ2v) is 7.67. The number of carbonyl (C=O) groups excluding carboxylic acids is 6. The van der Waals surface area contributed by atoms with Crippen LogP contribution in [0.1, 0.15) is 51.9 Å². The van der Waals surface area contributed by atoms with E-state index < -0.39 is 41.8 Å². The maximum atomic E-state index is 12.1. The van der Waals surface area contributed by atoms with E-state index in [1.54, 1.807) is 0 Å². The van der Waals surface area contributed by atoms with E-state index in [-0.39, 0.29) is 50.4 Å². The molecular formula is C22H36N4O9. The van der Waals surface area contributed by atoms with Gasteiger partial charge >= 0.3 is 17.9 Å². The lowest BCUT2D eigenvalue weighted by molar-refractivity contribution is -0.150. The maximum absolute atomic E-state index is 12.1. The Kier molecular flexibility index (Phi) is 16.1. The number of esters is 3. The van der Waals surface area contributed by atoms with Gasteiger partial charge in [-0.3, -0.25) is 24.0 Å². The van der Waals surface area contributed by atoms with Gasteiger partial charge in [0.1, 0.15) is 19.3 Å². The normalized spacial score (nSPS) is 12.0. The van der Waals surface area contributed by atoms with Gasteiger partial charge in [-0.2, -0.15) is 0 Å². The molecule has 0 aromatic rings. The summed E-state index contributed by atoms with van der Waals surface area (Å²) in [6.07, 6.45) is 1.08. The van der Waals surface area contributed by atoms with Gasteiger partial charge in [-0.15, -0.1) is 0 Å². The minimum Gasteiger partial charge on any atom is -0.469 e. The van der Waals surface area contributed by atoms with Gasteiger partial charge in [-0.05, 0) is 32.6 Å². The van der Waals surface area contributed by atoms with Gasteiger partial charge in [-0.1, -0.05) is 6.58 Å². The van der Waals surface area contributed by atoms with Gasteiger partial charge in [0.05, 0.1) is 19.6 Å². The highest BCUT2D eigenvalue weighted by atomic mass is 16.6. The molecule has 6 N–H and O–H groups in total. The van der Waals surface area contributed by atoms with Gasteiger partial charge in [0.15, 0.2) is 0 Å². The molecule has 0 radical (unpaired) electrons. The Bertz CT molecular complexity index is 770. The van der Waals surface area contributed by atoms with Crippen LogP contribution >= 0.6 is 0 Å². The third-order valence-electron chi connectivity index (χ3n) is 4.61. The number of rotatable bonds is 18. The fraction of sp³-hybridized carbons (Fsp3) is 0.636. The Morgan fingerprint density at radius 1 is 0.914 bits per heavy atom. The first-order valence-corrected chi connectivity index (χ1v) is 11.1. The second kappa shape index (κ2) is 17.9. The predicted molar refractivity (Wildman–Crippen MR) is 123 cm³/mol. The topological polar surface area (TPSA) is 206 Å². The van der Waals surface area contributed by atoms with E-state index in [1.807, 2.05) is 0 Å². The number of amides is 3. The van der Waals surface area contributed by atoms with Crippen molar-refractivity contribution in [2.75, 3.05) is 26.9 Å². The highest BCUT2D eigenvalue weighted by Crippen LogP contribution is 2.03. The molecule has 13 nitrogen and oxygen atoms in total. The molecule has 0 heterocycles. The van der Waals surface area contributed by atoms with Crippen LogP contribution in [0, 0.1) is 0 Å². The number of unbranched alkanes of at least 4 members (excludes halogenated alkanes) is 1. The molecule has 2 unspecified atom stereocenters. The number of primary amides is 1. The zero-order valence-corrected chi connectivity index (χ0v) is 20.3. The van der Waals surface area contributed by atoms with E-state index in [0.717, 1.165) is 0 Å². The Hall–Kier alpha value is -3.48. The van der Waals surface area contributed by atoms with Crippen LogP contribution in [0.25, 0.3) is 0 Å². The lowest BCUT2D eigenvalue weighted by Crippen LogP contribution is -2.50. The van der Waals surface area contributed by atoms with Gasteiger partial charge in [0, 0.05) is 25.0 Å². The van der Waals surface area contributed by atoms with E-state index in [4.69, 9.17) is 20.9 Å². The van der Waals surface area contributed by atoms with Crippen LogP contribution in [0.5, 0.6) is 0 Å². The molecule has 0 aliphatic rings. The molecule has 35 heavy (non-hydrogen) atoms. The van der Waals surface area contributed by atoms with Crippen molar-refractivity contribution in [3.8, 4) is 0 Å². The first kappa shape index (κ1) is 31.5. The number of ether oxygens (including phenoxy) is 3. The van der Waals surface area contributed by atoms with Gasteiger partial charge in [-0.25, -0.2) is 4.79 Å². The number of methoxy groups -OCH3 is 1. The van der Waals surface area contributed by atoms with Crippen molar-refractivity contribution < 1.29 is 43.0 Å². The smallest absolute Gasteiger partial charge is 0.333 e. The summed E-state index contributed by atoms with van der Waals surface area (Å²) in [5, 5.41) is 5.07. The lowest BCUT2D eigenvalue weighted by atomic mass is 10.1. The van der Waals surface area contributed by atoms with Crippen molar-refractivity contribution in [2.24, 2.45) is 11.5 Å². The van der Waals surface area contributed by atoms with Crippen LogP contribution in [0.4, 0.5) is 0 Å². The van der Waals surface area contributed by atoms with E-state index in [2.05, 4.69) is 21.9 Å². The van der Waals surface area contributed by atoms with Crippen LogP contribution in [0.2, 0.25) is 0 Å². The molecule has 0 bridgehead atoms. The third kappa shape index (κ3) is 15.9.